The Morgan fingerprint density at radius 1 is 1.53 bits per heavy atom. The van der Waals surface area contributed by atoms with Gasteiger partial charge in [0.1, 0.15) is 17.8 Å². The Hall–Kier alpha value is -1.95. The van der Waals surface area contributed by atoms with Crippen molar-refractivity contribution in [1.29, 1.82) is 10.5 Å². The summed E-state index contributed by atoms with van der Waals surface area (Å²) in [7, 11) is 0. The van der Waals surface area contributed by atoms with E-state index >= 15 is 0 Å². The number of nitriles is 2. The van der Waals surface area contributed by atoms with E-state index < -0.39 is 0 Å². The molecule has 1 aliphatic rings. The van der Waals surface area contributed by atoms with E-state index in [1.54, 1.807) is 12.3 Å². The van der Waals surface area contributed by atoms with Crippen molar-refractivity contribution in [3.05, 3.63) is 29.6 Å². The second kappa shape index (κ2) is 5.40. The zero-order valence-corrected chi connectivity index (χ0v) is 9.43. The number of rotatable bonds is 2. The van der Waals surface area contributed by atoms with Gasteiger partial charge >= 0.3 is 0 Å². The molecule has 5 heteroatoms. The molecule has 1 aromatic heterocycles. The van der Waals surface area contributed by atoms with Gasteiger partial charge in [-0.25, -0.2) is 4.98 Å². The van der Waals surface area contributed by atoms with Gasteiger partial charge in [-0.1, -0.05) is 0 Å². The summed E-state index contributed by atoms with van der Waals surface area (Å²) in [5.74, 6) is 0. The molecule has 1 N–H and O–H groups in total. The molecule has 1 unspecified atom stereocenters. The third-order valence-electron chi connectivity index (χ3n) is 2.83. The zero-order valence-electron chi connectivity index (χ0n) is 9.43. The van der Waals surface area contributed by atoms with E-state index in [1.807, 2.05) is 12.1 Å². The van der Waals surface area contributed by atoms with Crippen LogP contribution in [0.3, 0.4) is 0 Å². The SMILES string of the molecule is N#Cc1cc(CN2CCNCC2C#N)ccn1. The summed E-state index contributed by atoms with van der Waals surface area (Å²) >= 11 is 0. The van der Waals surface area contributed by atoms with Crippen LogP contribution in [0, 0.1) is 22.7 Å². The maximum Gasteiger partial charge on any atom is 0.140 e. The van der Waals surface area contributed by atoms with E-state index in [0.29, 0.717) is 18.8 Å². The molecule has 0 amide bonds. The third kappa shape index (κ3) is 2.79. The summed E-state index contributed by atoms with van der Waals surface area (Å²) < 4.78 is 0. The normalized spacial score (nSPS) is 20.5. The summed E-state index contributed by atoms with van der Waals surface area (Å²) in [4.78, 5) is 6.05. The fourth-order valence-electron chi connectivity index (χ4n) is 1.93. The minimum atomic E-state index is -0.0950. The van der Waals surface area contributed by atoms with Crippen molar-refractivity contribution in [3.63, 3.8) is 0 Å². The van der Waals surface area contributed by atoms with Crippen LogP contribution in [0.5, 0.6) is 0 Å². The topological polar surface area (TPSA) is 75.7 Å². The van der Waals surface area contributed by atoms with Gasteiger partial charge in [0.25, 0.3) is 0 Å². The van der Waals surface area contributed by atoms with Gasteiger partial charge < -0.3 is 5.32 Å². The third-order valence-corrected chi connectivity index (χ3v) is 2.83. The molecule has 0 spiro atoms. The number of hydrogen-bond acceptors (Lipinski definition) is 5. The molecular formula is C12H13N5. The average Bonchev–Trinajstić information content (AvgIpc) is 2.39. The van der Waals surface area contributed by atoms with Crippen LogP contribution in [-0.4, -0.2) is 35.6 Å². The van der Waals surface area contributed by atoms with Gasteiger partial charge in [-0.2, -0.15) is 10.5 Å². The van der Waals surface area contributed by atoms with E-state index in [-0.39, 0.29) is 6.04 Å². The largest absolute Gasteiger partial charge is 0.313 e. The molecule has 1 aliphatic heterocycles. The zero-order chi connectivity index (χ0) is 12.1. The van der Waals surface area contributed by atoms with Gasteiger partial charge in [0.05, 0.1) is 6.07 Å². The Labute approximate surface area is 100 Å². The summed E-state index contributed by atoms with van der Waals surface area (Å²) in [6.45, 7) is 3.14. The van der Waals surface area contributed by atoms with Crippen LogP contribution in [0.1, 0.15) is 11.3 Å². The van der Waals surface area contributed by atoms with Crippen molar-refractivity contribution in [1.82, 2.24) is 15.2 Å². The van der Waals surface area contributed by atoms with Gasteiger partial charge in [-0.05, 0) is 17.7 Å². The Bertz CT molecular complexity index is 471. The highest BCUT2D eigenvalue weighted by atomic mass is 15.2. The lowest BCUT2D eigenvalue weighted by atomic mass is 10.1. The molecule has 17 heavy (non-hydrogen) atoms. The van der Waals surface area contributed by atoms with E-state index in [2.05, 4.69) is 21.3 Å². The van der Waals surface area contributed by atoms with Crippen LogP contribution in [-0.2, 0) is 6.54 Å². The van der Waals surface area contributed by atoms with Crippen molar-refractivity contribution in [2.45, 2.75) is 12.6 Å². The van der Waals surface area contributed by atoms with Gasteiger partial charge in [0, 0.05) is 32.4 Å². The molecule has 5 nitrogen and oxygen atoms in total. The van der Waals surface area contributed by atoms with Crippen LogP contribution in [0.4, 0.5) is 0 Å². The number of nitrogens with zero attached hydrogens (tertiary/aromatic N) is 4. The Morgan fingerprint density at radius 2 is 2.41 bits per heavy atom. The molecule has 1 atom stereocenters. The quantitative estimate of drug-likeness (QED) is 0.783. The summed E-state index contributed by atoms with van der Waals surface area (Å²) in [6, 6.07) is 7.87. The number of hydrogen-bond donors (Lipinski definition) is 1. The highest BCUT2D eigenvalue weighted by molar-refractivity contribution is 5.25. The summed E-state index contributed by atoms with van der Waals surface area (Å²) in [6.07, 6.45) is 1.64. The highest BCUT2D eigenvalue weighted by Gasteiger charge is 2.21. The second-order valence-electron chi connectivity index (χ2n) is 3.98. The van der Waals surface area contributed by atoms with E-state index in [9.17, 15) is 0 Å². The van der Waals surface area contributed by atoms with Gasteiger partial charge in [0.2, 0.25) is 0 Å². The first-order valence-corrected chi connectivity index (χ1v) is 5.53. The molecule has 86 valence electrons. The molecule has 1 fully saturated rings. The minimum absolute atomic E-state index is 0.0950. The van der Waals surface area contributed by atoms with E-state index in [4.69, 9.17) is 10.5 Å². The first-order chi connectivity index (χ1) is 8.33. The molecule has 2 heterocycles. The molecule has 1 saturated heterocycles. The summed E-state index contributed by atoms with van der Waals surface area (Å²) in [5, 5.41) is 21.0. The highest BCUT2D eigenvalue weighted by Crippen LogP contribution is 2.10. The van der Waals surface area contributed by atoms with Crippen molar-refractivity contribution in [2.24, 2.45) is 0 Å². The first kappa shape index (κ1) is 11.5. The smallest absolute Gasteiger partial charge is 0.140 e. The minimum Gasteiger partial charge on any atom is -0.313 e. The van der Waals surface area contributed by atoms with Crippen LogP contribution in [0.15, 0.2) is 18.3 Å². The Kier molecular flexibility index (Phi) is 3.66. The fourth-order valence-corrected chi connectivity index (χ4v) is 1.93. The predicted molar refractivity (Wildman–Crippen MR) is 61.6 cm³/mol. The molecular weight excluding hydrogens is 214 g/mol. The fraction of sp³-hybridized carbons (Fsp3) is 0.417. The molecule has 1 aromatic rings. The Balaban J connectivity index is 2.09. The number of piperazine rings is 1. The van der Waals surface area contributed by atoms with Gasteiger partial charge in [-0.3, -0.25) is 4.90 Å². The van der Waals surface area contributed by atoms with Gasteiger partial charge in [-0.15, -0.1) is 0 Å². The van der Waals surface area contributed by atoms with Crippen molar-refractivity contribution in [2.75, 3.05) is 19.6 Å². The van der Waals surface area contributed by atoms with Crippen LogP contribution >= 0.6 is 0 Å². The van der Waals surface area contributed by atoms with Crippen molar-refractivity contribution < 1.29 is 0 Å². The first-order valence-electron chi connectivity index (χ1n) is 5.53. The standard InChI is InChI=1S/C12H13N5/c13-6-11-5-10(1-2-16-11)9-17-4-3-15-8-12(17)7-14/h1-2,5,12,15H,3-4,8-9H2. The Morgan fingerprint density at radius 3 is 3.18 bits per heavy atom. The van der Waals surface area contributed by atoms with Crippen LogP contribution in [0.25, 0.3) is 0 Å². The summed E-state index contributed by atoms with van der Waals surface area (Å²) in [5.41, 5.74) is 1.45. The van der Waals surface area contributed by atoms with E-state index in [1.165, 1.54) is 0 Å². The lowest BCUT2D eigenvalue weighted by Crippen LogP contribution is -2.49. The number of nitrogens with one attached hydrogen (secondary N) is 1. The van der Waals surface area contributed by atoms with Crippen LogP contribution in [0.2, 0.25) is 0 Å². The van der Waals surface area contributed by atoms with E-state index in [0.717, 1.165) is 18.7 Å². The molecule has 0 saturated carbocycles. The molecule has 0 aliphatic carbocycles. The molecule has 0 aromatic carbocycles. The monoisotopic (exact) mass is 227 g/mol. The second-order valence-corrected chi connectivity index (χ2v) is 3.98. The lowest BCUT2D eigenvalue weighted by molar-refractivity contribution is 0.189. The van der Waals surface area contributed by atoms with Crippen LogP contribution < -0.4 is 5.32 Å². The molecule has 2 rings (SSSR count). The van der Waals surface area contributed by atoms with Crippen molar-refractivity contribution >= 4 is 0 Å². The molecule has 0 bridgehead atoms. The number of pyridine rings is 1. The van der Waals surface area contributed by atoms with Gasteiger partial charge in [0.15, 0.2) is 0 Å². The average molecular weight is 227 g/mol. The van der Waals surface area contributed by atoms with Crippen molar-refractivity contribution in [3.8, 4) is 12.1 Å². The number of aromatic nitrogens is 1. The maximum atomic E-state index is 9.04. The molecule has 0 radical (unpaired) electrons. The maximum absolute atomic E-state index is 9.04. The lowest BCUT2D eigenvalue weighted by Gasteiger charge is -2.31. The predicted octanol–water partition coefficient (Wildman–Crippen LogP) is 0.251.